The van der Waals surface area contributed by atoms with E-state index in [9.17, 15) is 4.79 Å². The molecule has 0 bridgehead atoms. The normalized spacial score (nSPS) is 10.2. The van der Waals surface area contributed by atoms with Crippen LogP contribution in [0.5, 0.6) is 11.5 Å². The molecule has 0 fully saturated rings. The second-order valence-corrected chi connectivity index (χ2v) is 5.23. The predicted molar refractivity (Wildman–Crippen MR) is 96.7 cm³/mol. The van der Waals surface area contributed by atoms with Crippen molar-refractivity contribution in [2.24, 2.45) is 0 Å². The fourth-order valence-electron chi connectivity index (χ4n) is 2.18. The van der Waals surface area contributed by atoms with Gasteiger partial charge >= 0.3 is 0 Å². The zero-order valence-corrected chi connectivity index (χ0v) is 14.7. The molecule has 134 valence electrons. The van der Waals surface area contributed by atoms with Gasteiger partial charge < -0.3 is 24.8 Å². The molecule has 0 aliphatic heterocycles. The van der Waals surface area contributed by atoms with Crippen molar-refractivity contribution in [2.45, 2.75) is 6.42 Å². The molecule has 1 aromatic heterocycles. The van der Waals surface area contributed by atoms with Crippen LogP contribution in [-0.2, 0) is 4.74 Å². The first kappa shape index (κ1) is 18.5. The van der Waals surface area contributed by atoms with Gasteiger partial charge in [-0.15, -0.1) is 0 Å². The minimum Gasteiger partial charge on any atom is -0.493 e. The highest BCUT2D eigenvalue weighted by Gasteiger charge is 2.10. The Morgan fingerprint density at radius 1 is 1.08 bits per heavy atom. The second kappa shape index (κ2) is 9.48. The molecule has 0 aliphatic rings. The van der Waals surface area contributed by atoms with Gasteiger partial charge in [-0.05, 0) is 30.7 Å². The molecule has 0 saturated heterocycles. The Kier molecular flexibility index (Phi) is 7.03. The molecule has 7 nitrogen and oxygen atoms in total. The van der Waals surface area contributed by atoms with Crippen molar-refractivity contribution in [1.82, 2.24) is 4.98 Å². The van der Waals surface area contributed by atoms with E-state index in [1.54, 1.807) is 51.7 Å². The van der Waals surface area contributed by atoms with Crippen LogP contribution in [-0.4, -0.2) is 45.4 Å². The van der Waals surface area contributed by atoms with E-state index < -0.39 is 0 Å². The SMILES string of the molecule is COCCCNc1ccc(C(=O)Nc2ccc(OC)c(OC)c2)cn1. The minimum atomic E-state index is -0.245. The first-order valence-corrected chi connectivity index (χ1v) is 7.90. The van der Waals surface area contributed by atoms with E-state index in [1.165, 1.54) is 6.20 Å². The Balaban J connectivity index is 1.96. The third-order valence-corrected chi connectivity index (χ3v) is 3.50. The Labute approximate surface area is 147 Å². The number of nitrogens with zero attached hydrogens (tertiary/aromatic N) is 1. The lowest BCUT2D eigenvalue weighted by Gasteiger charge is -2.11. The summed E-state index contributed by atoms with van der Waals surface area (Å²) in [6.07, 6.45) is 2.43. The van der Waals surface area contributed by atoms with E-state index in [0.29, 0.717) is 29.4 Å². The van der Waals surface area contributed by atoms with E-state index in [1.807, 2.05) is 0 Å². The van der Waals surface area contributed by atoms with Crippen molar-refractivity contribution >= 4 is 17.4 Å². The van der Waals surface area contributed by atoms with Crippen molar-refractivity contribution in [2.75, 3.05) is 45.1 Å². The van der Waals surface area contributed by atoms with Crippen molar-refractivity contribution in [3.05, 3.63) is 42.1 Å². The zero-order chi connectivity index (χ0) is 18.1. The molecular formula is C18H23N3O4. The fraction of sp³-hybridized carbons (Fsp3) is 0.333. The van der Waals surface area contributed by atoms with Crippen molar-refractivity contribution in [3.63, 3.8) is 0 Å². The molecule has 0 unspecified atom stereocenters. The van der Waals surface area contributed by atoms with Gasteiger partial charge in [-0.1, -0.05) is 0 Å². The van der Waals surface area contributed by atoms with Crippen LogP contribution < -0.4 is 20.1 Å². The lowest BCUT2D eigenvalue weighted by molar-refractivity contribution is 0.102. The van der Waals surface area contributed by atoms with E-state index in [4.69, 9.17) is 14.2 Å². The van der Waals surface area contributed by atoms with Crippen LogP contribution in [0.25, 0.3) is 0 Å². The molecular weight excluding hydrogens is 322 g/mol. The van der Waals surface area contributed by atoms with Crippen LogP contribution in [0.3, 0.4) is 0 Å². The first-order chi connectivity index (χ1) is 12.2. The molecule has 2 rings (SSSR count). The number of rotatable bonds is 9. The standard InChI is InChI=1S/C18H23N3O4/c1-23-10-4-9-19-17-8-5-13(12-20-17)18(22)21-14-6-7-15(24-2)16(11-14)25-3/h5-8,11-12H,4,9-10H2,1-3H3,(H,19,20)(H,21,22). The summed E-state index contributed by atoms with van der Waals surface area (Å²) in [5.41, 5.74) is 1.08. The van der Waals surface area contributed by atoms with Crippen molar-refractivity contribution < 1.29 is 19.0 Å². The number of hydrogen-bond donors (Lipinski definition) is 2. The molecule has 0 aliphatic carbocycles. The number of nitrogens with one attached hydrogen (secondary N) is 2. The smallest absolute Gasteiger partial charge is 0.257 e. The van der Waals surface area contributed by atoms with Gasteiger partial charge in [0.05, 0.1) is 19.8 Å². The number of benzene rings is 1. The lowest BCUT2D eigenvalue weighted by Crippen LogP contribution is -2.13. The van der Waals surface area contributed by atoms with Crippen molar-refractivity contribution in [1.29, 1.82) is 0 Å². The van der Waals surface area contributed by atoms with Gasteiger partial charge in [-0.25, -0.2) is 4.98 Å². The predicted octanol–water partition coefficient (Wildman–Crippen LogP) is 2.80. The molecule has 2 aromatic rings. The first-order valence-electron chi connectivity index (χ1n) is 7.90. The molecule has 0 spiro atoms. The number of ether oxygens (including phenoxy) is 3. The number of methoxy groups -OCH3 is 3. The Bertz CT molecular complexity index is 689. The van der Waals surface area contributed by atoms with E-state index in [2.05, 4.69) is 15.6 Å². The Hall–Kier alpha value is -2.80. The molecule has 1 aromatic carbocycles. The average molecular weight is 345 g/mol. The van der Waals surface area contributed by atoms with Crippen LogP contribution in [0, 0.1) is 0 Å². The number of carbonyl (C=O) groups is 1. The monoisotopic (exact) mass is 345 g/mol. The number of aromatic nitrogens is 1. The number of hydrogen-bond acceptors (Lipinski definition) is 6. The fourth-order valence-corrected chi connectivity index (χ4v) is 2.18. The Morgan fingerprint density at radius 3 is 2.52 bits per heavy atom. The van der Waals surface area contributed by atoms with Gasteiger partial charge in [-0.2, -0.15) is 0 Å². The van der Waals surface area contributed by atoms with E-state index >= 15 is 0 Å². The number of amides is 1. The third-order valence-electron chi connectivity index (χ3n) is 3.50. The highest BCUT2D eigenvalue weighted by molar-refractivity contribution is 6.04. The van der Waals surface area contributed by atoms with Gasteiger partial charge in [0.15, 0.2) is 11.5 Å². The maximum Gasteiger partial charge on any atom is 0.257 e. The van der Waals surface area contributed by atoms with Gasteiger partial charge in [0.25, 0.3) is 5.91 Å². The molecule has 1 amide bonds. The molecule has 0 atom stereocenters. The molecule has 25 heavy (non-hydrogen) atoms. The summed E-state index contributed by atoms with van der Waals surface area (Å²) < 4.78 is 15.4. The van der Waals surface area contributed by atoms with Gasteiger partial charge in [0.1, 0.15) is 5.82 Å². The third kappa shape index (κ3) is 5.36. The molecule has 1 heterocycles. The van der Waals surface area contributed by atoms with E-state index in [0.717, 1.165) is 18.8 Å². The number of pyridine rings is 1. The van der Waals surface area contributed by atoms with Gasteiger partial charge in [0.2, 0.25) is 0 Å². The summed E-state index contributed by atoms with van der Waals surface area (Å²) in [6, 6.07) is 8.69. The summed E-state index contributed by atoms with van der Waals surface area (Å²) in [6.45, 7) is 1.46. The van der Waals surface area contributed by atoms with Crippen LogP contribution in [0.15, 0.2) is 36.5 Å². The Morgan fingerprint density at radius 2 is 1.88 bits per heavy atom. The quantitative estimate of drug-likeness (QED) is 0.680. The second-order valence-electron chi connectivity index (χ2n) is 5.23. The highest BCUT2D eigenvalue weighted by Crippen LogP contribution is 2.29. The van der Waals surface area contributed by atoms with Gasteiger partial charge in [0, 0.05) is 38.2 Å². The highest BCUT2D eigenvalue weighted by atomic mass is 16.5. The van der Waals surface area contributed by atoms with Crippen LogP contribution in [0.2, 0.25) is 0 Å². The zero-order valence-electron chi connectivity index (χ0n) is 14.7. The lowest BCUT2D eigenvalue weighted by atomic mass is 10.2. The number of anilines is 2. The summed E-state index contributed by atoms with van der Waals surface area (Å²) in [5, 5.41) is 5.98. The topological polar surface area (TPSA) is 81.7 Å². The van der Waals surface area contributed by atoms with Crippen LogP contribution >= 0.6 is 0 Å². The maximum atomic E-state index is 12.3. The molecule has 0 saturated carbocycles. The maximum absolute atomic E-state index is 12.3. The summed E-state index contributed by atoms with van der Waals surface area (Å²) in [4.78, 5) is 16.6. The summed E-state index contributed by atoms with van der Waals surface area (Å²) in [5.74, 6) is 1.63. The van der Waals surface area contributed by atoms with Crippen molar-refractivity contribution in [3.8, 4) is 11.5 Å². The summed E-state index contributed by atoms with van der Waals surface area (Å²) >= 11 is 0. The minimum absolute atomic E-state index is 0.245. The van der Waals surface area contributed by atoms with E-state index in [-0.39, 0.29) is 5.91 Å². The average Bonchev–Trinajstić information content (AvgIpc) is 2.65. The van der Waals surface area contributed by atoms with Crippen LogP contribution in [0.4, 0.5) is 11.5 Å². The largest absolute Gasteiger partial charge is 0.493 e. The number of carbonyl (C=O) groups excluding carboxylic acids is 1. The van der Waals surface area contributed by atoms with Gasteiger partial charge in [-0.3, -0.25) is 4.79 Å². The summed E-state index contributed by atoms with van der Waals surface area (Å²) in [7, 11) is 4.78. The van der Waals surface area contributed by atoms with Crippen LogP contribution in [0.1, 0.15) is 16.8 Å². The molecule has 2 N–H and O–H groups in total. The molecule has 0 radical (unpaired) electrons. The molecule has 7 heteroatoms.